The molecule has 3 N–H and O–H groups in total. The van der Waals surface area contributed by atoms with E-state index in [2.05, 4.69) is 12.0 Å². The highest BCUT2D eigenvalue weighted by Crippen LogP contribution is 2.25. The molecule has 14 heavy (non-hydrogen) atoms. The van der Waals surface area contributed by atoms with E-state index in [1.165, 1.54) is 0 Å². The van der Waals surface area contributed by atoms with Crippen molar-refractivity contribution in [2.75, 3.05) is 0 Å². The lowest BCUT2D eigenvalue weighted by Crippen LogP contribution is -2.27. The van der Waals surface area contributed by atoms with Gasteiger partial charge in [0.2, 0.25) is 0 Å². The summed E-state index contributed by atoms with van der Waals surface area (Å²) in [7, 11) is 0. The highest BCUT2D eigenvalue weighted by atomic mass is 35.5. The molecule has 1 aromatic rings. The minimum atomic E-state index is 0.0422. The Labute approximate surface area is 89.7 Å². The van der Waals surface area contributed by atoms with Crippen LogP contribution in [0, 0.1) is 6.92 Å². The lowest BCUT2D eigenvalue weighted by Gasteiger charge is -2.16. The molecule has 0 aliphatic carbocycles. The minimum absolute atomic E-state index is 0.0422. The monoisotopic (exact) mass is 210 g/mol. The molecule has 0 aliphatic heterocycles. The summed E-state index contributed by atoms with van der Waals surface area (Å²) in [5, 5.41) is 0.745. The smallest absolute Gasteiger partial charge is 0.0509 e. The summed E-state index contributed by atoms with van der Waals surface area (Å²) in [5.74, 6) is 5.44. The van der Waals surface area contributed by atoms with Crippen LogP contribution in [-0.4, -0.2) is 0 Å². The Morgan fingerprint density at radius 2 is 2.36 bits per heavy atom. The van der Waals surface area contributed by atoms with Crippen LogP contribution in [-0.2, 0) is 0 Å². The van der Waals surface area contributed by atoms with Gasteiger partial charge in [-0.05, 0) is 30.5 Å². The second-order valence-corrected chi connectivity index (χ2v) is 3.68. The number of hydrazine groups is 1. The van der Waals surface area contributed by atoms with Crippen LogP contribution in [0.15, 0.2) is 30.9 Å². The van der Waals surface area contributed by atoms with E-state index >= 15 is 0 Å². The maximum absolute atomic E-state index is 6.11. The van der Waals surface area contributed by atoms with E-state index in [0.717, 1.165) is 22.6 Å². The summed E-state index contributed by atoms with van der Waals surface area (Å²) in [6.07, 6.45) is 2.58. The van der Waals surface area contributed by atoms with E-state index in [1.807, 2.05) is 31.2 Å². The third-order valence-corrected chi connectivity index (χ3v) is 2.46. The second kappa shape index (κ2) is 5.15. The van der Waals surface area contributed by atoms with E-state index in [1.54, 1.807) is 0 Å². The Hall–Kier alpha value is -0.830. The predicted octanol–water partition coefficient (Wildman–Crippen LogP) is 2.73. The first-order valence-electron chi connectivity index (χ1n) is 4.52. The topological polar surface area (TPSA) is 38.0 Å². The summed E-state index contributed by atoms with van der Waals surface area (Å²) >= 11 is 6.11. The van der Waals surface area contributed by atoms with E-state index in [-0.39, 0.29) is 6.04 Å². The number of rotatable bonds is 4. The van der Waals surface area contributed by atoms with Crippen LogP contribution in [0.2, 0.25) is 5.02 Å². The van der Waals surface area contributed by atoms with Crippen LogP contribution in [0.4, 0.5) is 0 Å². The van der Waals surface area contributed by atoms with Crippen molar-refractivity contribution in [2.24, 2.45) is 5.84 Å². The van der Waals surface area contributed by atoms with Gasteiger partial charge in [0.15, 0.2) is 0 Å². The minimum Gasteiger partial charge on any atom is -0.271 e. The van der Waals surface area contributed by atoms with Crippen LogP contribution in [0.1, 0.15) is 23.6 Å². The molecule has 0 radical (unpaired) electrons. The molecule has 1 aromatic carbocycles. The molecule has 3 heteroatoms. The fraction of sp³-hybridized carbons (Fsp3) is 0.273. The van der Waals surface area contributed by atoms with Crippen LogP contribution < -0.4 is 11.3 Å². The van der Waals surface area contributed by atoms with Crippen LogP contribution in [0.3, 0.4) is 0 Å². The third-order valence-electron chi connectivity index (χ3n) is 2.13. The van der Waals surface area contributed by atoms with E-state index in [9.17, 15) is 0 Å². The molecule has 0 bridgehead atoms. The van der Waals surface area contributed by atoms with Gasteiger partial charge in [-0.1, -0.05) is 29.8 Å². The van der Waals surface area contributed by atoms with Gasteiger partial charge in [-0.25, -0.2) is 0 Å². The predicted molar refractivity (Wildman–Crippen MR) is 61.1 cm³/mol. The van der Waals surface area contributed by atoms with Crippen molar-refractivity contribution >= 4 is 11.6 Å². The Bertz CT molecular complexity index is 323. The summed E-state index contributed by atoms with van der Waals surface area (Å²) < 4.78 is 0. The molecule has 76 valence electrons. The normalized spacial score (nSPS) is 12.5. The summed E-state index contributed by atoms with van der Waals surface area (Å²) in [4.78, 5) is 0. The molecule has 0 heterocycles. The molecular formula is C11H15ClN2. The number of hydrogen-bond donors (Lipinski definition) is 2. The second-order valence-electron chi connectivity index (χ2n) is 3.27. The molecule has 1 rings (SSSR count). The molecular weight excluding hydrogens is 196 g/mol. The van der Waals surface area contributed by atoms with Crippen LogP contribution >= 0.6 is 11.6 Å². The molecule has 0 fully saturated rings. The van der Waals surface area contributed by atoms with Gasteiger partial charge >= 0.3 is 0 Å². The van der Waals surface area contributed by atoms with E-state index in [4.69, 9.17) is 17.4 Å². The molecule has 1 atom stereocenters. The lowest BCUT2D eigenvalue weighted by atomic mass is 10.0. The van der Waals surface area contributed by atoms with Crippen molar-refractivity contribution in [2.45, 2.75) is 19.4 Å². The first-order chi connectivity index (χ1) is 6.69. The molecule has 0 aliphatic rings. The Morgan fingerprint density at radius 1 is 1.64 bits per heavy atom. The van der Waals surface area contributed by atoms with Crippen molar-refractivity contribution in [1.82, 2.24) is 5.43 Å². The van der Waals surface area contributed by atoms with Gasteiger partial charge in [0.05, 0.1) is 6.04 Å². The fourth-order valence-corrected chi connectivity index (χ4v) is 1.73. The maximum Gasteiger partial charge on any atom is 0.0509 e. The Kier molecular flexibility index (Phi) is 4.14. The fourth-order valence-electron chi connectivity index (χ4n) is 1.37. The van der Waals surface area contributed by atoms with E-state index < -0.39 is 0 Å². The zero-order valence-corrected chi connectivity index (χ0v) is 9.01. The number of hydrogen-bond acceptors (Lipinski definition) is 2. The molecule has 1 unspecified atom stereocenters. The molecule has 0 saturated carbocycles. The zero-order valence-electron chi connectivity index (χ0n) is 8.26. The molecule has 0 amide bonds. The average Bonchev–Trinajstić information content (AvgIpc) is 2.15. The average molecular weight is 211 g/mol. The molecule has 0 spiro atoms. The molecule has 2 nitrogen and oxygen atoms in total. The standard InChI is InChI=1S/C11H15ClN2/c1-3-4-11(14-13)9-6-5-8(2)7-10(9)12/h3,5-7,11,14H,1,4,13H2,2H3. The van der Waals surface area contributed by atoms with Gasteiger partial charge in [-0.2, -0.15) is 0 Å². The summed E-state index contributed by atoms with van der Waals surface area (Å²) in [5.41, 5.74) is 4.88. The van der Waals surface area contributed by atoms with Crippen molar-refractivity contribution in [3.63, 3.8) is 0 Å². The van der Waals surface area contributed by atoms with Gasteiger partial charge in [0.25, 0.3) is 0 Å². The highest BCUT2D eigenvalue weighted by molar-refractivity contribution is 6.31. The van der Waals surface area contributed by atoms with Crippen molar-refractivity contribution in [3.05, 3.63) is 47.0 Å². The summed E-state index contributed by atoms with van der Waals surface area (Å²) in [6.45, 7) is 5.69. The molecule has 0 saturated heterocycles. The molecule has 0 aromatic heterocycles. The first-order valence-corrected chi connectivity index (χ1v) is 4.90. The van der Waals surface area contributed by atoms with Crippen molar-refractivity contribution < 1.29 is 0 Å². The lowest BCUT2D eigenvalue weighted by molar-refractivity contribution is 0.562. The van der Waals surface area contributed by atoms with Crippen LogP contribution in [0.25, 0.3) is 0 Å². The third kappa shape index (κ3) is 2.58. The van der Waals surface area contributed by atoms with Crippen molar-refractivity contribution in [3.8, 4) is 0 Å². The Morgan fingerprint density at radius 3 is 2.86 bits per heavy atom. The Balaban J connectivity index is 2.97. The number of benzene rings is 1. The largest absolute Gasteiger partial charge is 0.271 e. The van der Waals surface area contributed by atoms with E-state index in [0.29, 0.717) is 0 Å². The highest BCUT2D eigenvalue weighted by Gasteiger charge is 2.11. The SMILES string of the molecule is C=CCC(NN)c1ccc(C)cc1Cl. The van der Waals surface area contributed by atoms with Gasteiger partial charge in [-0.3, -0.25) is 11.3 Å². The van der Waals surface area contributed by atoms with Gasteiger partial charge in [0.1, 0.15) is 0 Å². The van der Waals surface area contributed by atoms with Gasteiger partial charge in [0, 0.05) is 5.02 Å². The zero-order chi connectivity index (χ0) is 10.6. The quantitative estimate of drug-likeness (QED) is 0.456. The van der Waals surface area contributed by atoms with Gasteiger partial charge in [-0.15, -0.1) is 6.58 Å². The number of aryl methyl sites for hydroxylation is 1. The number of nitrogens with two attached hydrogens (primary N) is 1. The number of nitrogens with one attached hydrogen (secondary N) is 1. The van der Waals surface area contributed by atoms with Gasteiger partial charge < -0.3 is 0 Å². The first kappa shape index (κ1) is 11.2. The van der Waals surface area contributed by atoms with Crippen molar-refractivity contribution in [1.29, 1.82) is 0 Å². The maximum atomic E-state index is 6.11. The van der Waals surface area contributed by atoms with Crippen LogP contribution in [0.5, 0.6) is 0 Å². The number of halogens is 1. The summed E-state index contributed by atoms with van der Waals surface area (Å²) in [6, 6.07) is 5.99.